The van der Waals surface area contributed by atoms with Crippen molar-refractivity contribution < 1.29 is 28.7 Å². The lowest BCUT2D eigenvalue weighted by Crippen LogP contribution is -2.49. The van der Waals surface area contributed by atoms with E-state index in [4.69, 9.17) is 11.5 Å². The lowest BCUT2D eigenvalue weighted by molar-refractivity contribution is -0.161. The molecule has 0 saturated carbocycles. The van der Waals surface area contributed by atoms with Crippen molar-refractivity contribution >= 4 is 29.7 Å². The third kappa shape index (κ3) is 8.51. The third-order valence-electron chi connectivity index (χ3n) is 2.76. The van der Waals surface area contributed by atoms with E-state index in [1.807, 2.05) is 0 Å². The molecule has 0 aliphatic carbocycles. The number of ether oxygens (including phenoxy) is 1. The van der Waals surface area contributed by atoms with Gasteiger partial charge in [0.25, 0.3) is 0 Å². The predicted molar refractivity (Wildman–Crippen MR) is 78.4 cm³/mol. The minimum atomic E-state index is -1.09. The molecule has 0 heterocycles. The molecule has 0 radical (unpaired) electrons. The fourth-order valence-corrected chi connectivity index (χ4v) is 1.43. The van der Waals surface area contributed by atoms with Crippen LogP contribution >= 0.6 is 0 Å². The Bertz CT molecular complexity index is 493. The highest BCUT2D eigenvalue weighted by Crippen LogP contribution is 1.99. The molecule has 0 aromatic heterocycles. The number of rotatable bonds is 8. The molecule has 23 heavy (non-hydrogen) atoms. The van der Waals surface area contributed by atoms with Crippen LogP contribution in [0.1, 0.15) is 33.6 Å². The number of nitrogens with two attached hydrogens (primary N) is 2. The molecule has 0 rings (SSSR count). The molecule has 3 amide bonds. The molecule has 10 heteroatoms. The molecule has 0 aliphatic heterocycles. The van der Waals surface area contributed by atoms with E-state index in [0.717, 1.165) is 0 Å². The number of hydrogen-bond donors (Lipinski definition) is 4. The average molecular weight is 330 g/mol. The van der Waals surface area contributed by atoms with Gasteiger partial charge in [0.15, 0.2) is 0 Å². The van der Waals surface area contributed by atoms with Crippen LogP contribution in [0.4, 0.5) is 0 Å². The lowest BCUT2D eigenvalue weighted by Gasteiger charge is -2.16. The van der Waals surface area contributed by atoms with Gasteiger partial charge in [-0.3, -0.25) is 19.2 Å². The number of carbonyl (C=O) groups excluding carboxylic acids is 5. The van der Waals surface area contributed by atoms with Crippen molar-refractivity contribution in [3.8, 4) is 0 Å². The van der Waals surface area contributed by atoms with Gasteiger partial charge in [-0.2, -0.15) is 0 Å². The highest BCUT2D eigenvalue weighted by Gasteiger charge is 2.23. The van der Waals surface area contributed by atoms with E-state index in [-0.39, 0.29) is 12.8 Å². The van der Waals surface area contributed by atoms with Crippen LogP contribution in [-0.4, -0.2) is 47.8 Å². The van der Waals surface area contributed by atoms with Gasteiger partial charge in [0.1, 0.15) is 12.1 Å². The van der Waals surface area contributed by atoms with Gasteiger partial charge in [-0.25, -0.2) is 4.79 Å². The van der Waals surface area contributed by atoms with Crippen molar-refractivity contribution in [2.75, 3.05) is 0 Å². The second-order valence-corrected chi connectivity index (χ2v) is 4.99. The summed E-state index contributed by atoms with van der Waals surface area (Å²) < 4.78 is 4.52. The normalized spacial score (nSPS) is 14.1. The number of nitrogens with one attached hydrogen (secondary N) is 2. The zero-order valence-corrected chi connectivity index (χ0v) is 13.3. The molecule has 10 nitrogen and oxygen atoms in total. The maximum absolute atomic E-state index is 11.7. The van der Waals surface area contributed by atoms with Crippen molar-refractivity contribution in [1.82, 2.24) is 10.6 Å². The van der Waals surface area contributed by atoms with Crippen LogP contribution in [-0.2, 0) is 28.7 Å². The molecular weight excluding hydrogens is 308 g/mol. The van der Waals surface area contributed by atoms with E-state index < -0.39 is 47.8 Å². The molecule has 0 bridgehead atoms. The third-order valence-corrected chi connectivity index (χ3v) is 2.76. The second-order valence-electron chi connectivity index (χ2n) is 4.99. The molecule has 0 fully saturated rings. The van der Waals surface area contributed by atoms with Gasteiger partial charge in [-0.05, 0) is 20.3 Å². The standard InChI is InChI=1S/C13H22N4O6/c1-6(16-8(3)18)12(21)17-7(2)13(22)23-10(19)5-4-9(14)11(15)20/h6-7,9H,4-5,14H2,1-3H3,(H2,15,20)(H,16,18)(H,17,21)/t6-,7-,9-/m0/s1. The first kappa shape index (κ1) is 20.5. The van der Waals surface area contributed by atoms with Crippen LogP contribution in [0.5, 0.6) is 0 Å². The summed E-state index contributed by atoms with van der Waals surface area (Å²) >= 11 is 0. The minimum Gasteiger partial charge on any atom is -0.392 e. The Morgan fingerprint density at radius 3 is 2.09 bits per heavy atom. The maximum atomic E-state index is 11.7. The van der Waals surface area contributed by atoms with Gasteiger partial charge >= 0.3 is 11.9 Å². The van der Waals surface area contributed by atoms with E-state index >= 15 is 0 Å². The van der Waals surface area contributed by atoms with Crippen molar-refractivity contribution in [2.45, 2.75) is 51.7 Å². The zero-order valence-electron chi connectivity index (χ0n) is 13.3. The van der Waals surface area contributed by atoms with Crippen LogP contribution in [0.3, 0.4) is 0 Å². The first-order valence-electron chi connectivity index (χ1n) is 6.91. The van der Waals surface area contributed by atoms with E-state index in [2.05, 4.69) is 15.4 Å². The number of esters is 2. The number of hydrogen-bond acceptors (Lipinski definition) is 7. The van der Waals surface area contributed by atoms with E-state index in [0.29, 0.717) is 0 Å². The summed E-state index contributed by atoms with van der Waals surface area (Å²) in [5.74, 6) is -3.62. The SMILES string of the molecule is CC(=O)N[C@@H](C)C(=O)N[C@@H](C)C(=O)OC(=O)CC[C@H](N)C(N)=O. The Labute approximate surface area is 133 Å². The fraction of sp³-hybridized carbons (Fsp3) is 0.615. The highest BCUT2D eigenvalue weighted by atomic mass is 16.6. The highest BCUT2D eigenvalue weighted by molar-refractivity contribution is 5.93. The average Bonchev–Trinajstić information content (AvgIpc) is 2.43. The van der Waals surface area contributed by atoms with Gasteiger partial charge in [-0.15, -0.1) is 0 Å². The van der Waals surface area contributed by atoms with E-state index in [9.17, 15) is 24.0 Å². The molecular formula is C13H22N4O6. The maximum Gasteiger partial charge on any atom is 0.335 e. The quantitative estimate of drug-likeness (QED) is 0.286. The summed E-state index contributed by atoms with van der Waals surface area (Å²) in [6, 6.07) is -2.94. The molecule has 130 valence electrons. The van der Waals surface area contributed by atoms with Gasteiger partial charge in [-0.1, -0.05) is 0 Å². The smallest absolute Gasteiger partial charge is 0.335 e. The Kier molecular flexibility index (Phi) is 8.48. The van der Waals surface area contributed by atoms with Crippen molar-refractivity contribution in [2.24, 2.45) is 11.5 Å². The van der Waals surface area contributed by atoms with Crippen LogP contribution in [0.2, 0.25) is 0 Å². The van der Waals surface area contributed by atoms with Crippen molar-refractivity contribution in [3.05, 3.63) is 0 Å². The second kappa shape index (κ2) is 9.51. The molecule has 0 saturated heterocycles. The van der Waals surface area contributed by atoms with Gasteiger partial charge in [0.2, 0.25) is 17.7 Å². The van der Waals surface area contributed by atoms with Crippen LogP contribution in [0.25, 0.3) is 0 Å². The molecule has 6 N–H and O–H groups in total. The van der Waals surface area contributed by atoms with E-state index in [1.54, 1.807) is 0 Å². The summed E-state index contributed by atoms with van der Waals surface area (Å²) in [5, 5.41) is 4.64. The topological polar surface area (TPSA) is 171 Å². The monoisotopic (exact) mass is 330 g/mol. The first-order chi connectivity index (χ1) is 10.5. The van der Waals surface area contributed by atoms with Crippen molar-refractivity contribution in [1.29, 1.82) is 0 Å². The molecule has 0 aliphatic rings. The Balaban J connectivity index is 4.29. The largest absolute Gasteiger partial charge is 0.392 e. The number of primary amides is 1. The lowest BCUT2D eigenvalue weighted by atomic mass is 10.1. The number of carbonyl (C=O) groups is 5. The number of amides is 3. The van der Waals surface area contributed by atoms with Crippen LogP contribution in [0.15, 0.2) is 0 Å². The summed E-state index contributed by atoms with van der Waals surface area (Å²) in [7, 11) is 0. The van der Waals surface area contributed by atoms with Gasteiger partial charge < -0.3 is 26.8 Å². The predicted octanol–water partition coefficient (Wildman–Crippen LogP) is -2.32. The fourth-order valence-electron chi connectivity index (χ4n) is 1.43. The summed E-state index contributed by atoms with van der Waals surface area (Å²) in [5.41, 5.74) is 10.3. The van der Waals surface area contributed by atoms with E-state index in [1.165, 1.54) is 20.8 Å². The Morgan fingerprint density at radius 2 is 1.61 bits per heavy atom. The Morgan fingerprint density at radius 1 is 1.04 bits per heavy atom. The Hall–Kier alpha value is -2.49. The molecule has 0 spiro atoms. The summed E-state index contributed by atoms with van der Waals surface area (Å²) in [6.45, 7) is 4.01. The summed E-state index contributed by atoms with van der Waals surface area (Å²) in [6.07, 6.45) is -0.319. The molecule has 0 aromatic carbocycles. The van der Waals surface area contributed by atoms with Crippen LogP contribution in [0, 0.1) is 0 Å². The first-order valence-corrected chi connectivity index (χ1v) is 6.91. The van der Waals surface area contributed by atoms with Crippen LogP contribution < -0.4 is 22.1 Å². The van der Waals surface area contributed by atoms with Crippen molar-refractivity contribution in [3.63, 3.8) is 0 Å². The van der Waals surface area contributed by atoms with Gasteiger partial charge in [0, 0.05) is 13.3 Å². The molecule has 3 atom stereocenters. The van der Waals surface area contributed by atoms with Gasteiger partial charge in [0.05, 0.1) is 6.04 Å². The molecule has 0 unspecified atom stereocenters. The summed E-state index contributed by atoms with van der Waals surface area (Å²) in [4.78, 5) is 56.3. The molecule has 0 aromatic rings. The zero-order chi connectivity index (χ0) is 18.2. The minimum absolute atomic E-state index is 0.0538.